The molecule has 0 radical (unpaired) electrons. The van der Waals surface area contributed by atoms with Crippen molar-refractivity contribution in [3.8, 4) is 6.07 Å². The van der Waals surface area contributed by atoms with Crippen molar-refractivity contribution in [3.05, 3.63) is 32.2 Å². The van der Waals surface area contributed by atoms with Crippen LogP contribution in [0.2, 0.25) is 0 Å². The van der Waals surface area contributed by atoms with Crippen LogP contribution < -0.4 is 0 Å². The van der Waals surface area contributed by atoms with Crippen LogP contribution in [0.25, 0.3) is 4.85 Å². The Morgan fingerprint density at radius 1 is 1.31 bits per heavy atom. The molecular weight excluding hydrogens is 287 g/mol. The molecule has 0 N–H and O–H groups in total. The molecule has 74 valence electrons. The molecule has 0 aliphatic carbocycles. The van der Waals surface area contributed by atoms with E-state index in [9.17, 15) is 0 Å². The van der Waals surface area contributed by atoms with Crippen molar-refractivity contribution in [3.63, 3.8) is 0 Å². The summed E-state index contributed by atoms with van der Waals surface area (Å²) in [5.74, 6) is 0. The minimum atomic E-state index is 0. The van der Waals surface area contributed by atoms with Gasteiger partial charge in [0.25, 0.3) is 0 Å². The van der Waals surface area contributed by atoms with Gasteiger partial charge in [-0.2, -0.15) is 5.26 Å². The largest absolute Gasteiger partial charge is 0.813 e. The van der Waals surface area contributed by atoms with E-state index in [0.717, 1.165) is 0 Å². The van der Waals surface area contributed by atoms with Crippen LogP contribution in [0.3, 0.4) is 0 Å². The molecule has 0 saturated heterocycles. The molecule has 0 rings (SSSR count). The molecule has 0 aromatic carbocycles. The van der Waals surface area contributed by atoms with Crippen LogP contribution in [-0.4, -0.2) is 0 Å². The van der Waals surface area contributed by atoms with Crippen LogP contribution in [0.4, 0.5) is 0 Å². The molecule has 0 aromatic heterocycles. The molecule has 0 saturated carbocycles. The Labute approximate surface area is 110 Å². The number of nitriles is 1. The smallest absolute Gasteiger partial charge is 0.0896 e. The van der Waals surface area contributed by atoms with Crippen molar-refractivity contribution in [1.29, 1.82) is 5.26 Å². The average Bonchev–Trinajstić information content (AvgIpc) is 2.16. The molecular formula is C6H2N2NiS4-4. The van der Waals surface area contributed by atoms with Gasteiger partial charge in [-0.1, -0.05) is 0 Å². The van der Waals surface area contributed by atoms with Gasteiger partial charge in [0.15, 0.2) is 0 Å². The van der Waals surface area contributed by atoms with Crippen molar-refractivity contribution < 1.29 is 16.5 Å². The van der Waals surface area contributed by atoms with Gasteiger partial charge in [0.05, 0.1) is 12.6 Å². The summed E-state index contributed by atoms with van der Waals surface area (Å²) in [5, 5.41) is 10.4. The zero-order valence-corrected chi connectivity index (χ0v) is 10.3. The zero-order chi connectivity index (χ0) is 9.98. The van der Waals surface area contributed by atoms with Gasteiger partial charge in [-0.3, -0.25) is 4.85 Å². The predicted octanol–water partition coefficient (Wildman–Crippen LogP) is 1.24. The van der Waals surface area contributed by atoms with E-state index in [2.05, 4.69) is 55.4 Å². The number of rotatable bonds is 0. The molecule has 0 amide bonds. The summed E-state index contributed by atoms with van der Waals surface area (Å²) < 4.78 is 0. The first-order valence-electron chi connectivity index (χ1n) is 2.38. The van der Waals surface area contributed by atoms with Gasteiger partial charge < -0.3 is 50.5 Å². The fraction of sp³-hybridized carbons (Fsp3) is 0. The van der Waals surface area contributed by atoms with Gasteiger partial charge in [0.1, 0.15) is 0 Å². The molecule has 2 nitrogen and oxygen atoms in total. The Bertz CT molecular complexity index is 233. The third-order valence-electron chi connectivity index (χ3n) is 0.428. The van der Waals surface area contributed by atoms with Gasteiger partial charge in [0, 0.05) is 21.5 Å². The minimum absolute atomic E-state index is 0. The van der Waals surface area contributed by atoms with Gasteiger partial charge in [0.2, 0.25) is 0 Å². The van der Waals surface area contributed by atoms with Crippen LogP contribution in [0.15, 0.2) is 20.8 Å². The molecule has 0 aliphatic heterocycles. The normalized spacial score (nSPS) is 9.38. The van der Waals surface area contributed by atoms with Gasteiger partial charge in [-0.25, -0.2) is 10.8 Å². The molecule has 0 bridgehead atoms. The fourth-order valence-corrected chi connectivity index (χ4v) is 0.158. The van der Waals surface area contributed by atoms with Crippen LogP contribution in [0, 0.1) is 17.9 Å². The average molecular weight is 289 g/mol. The Kier molecular flexibility index (Phi) is 20.5. The van der Waals surface area contributed by atoms with E-state index in [1.807, 2.05) is 0 Å². The summed E-state index contributed by atoms with van der Waals surface area (Å²) in [6.07, 6.45) is 0. The van der Waals surface area contributed by atoms with E-state index >= 15 is 0 Å². The molecule has 0 aromatic rings. The predicted molar refractivity (Wildman–Crippen MR) is 57.8 cm³/mol. The monoisotopic (exact) mass is 288 g/mol. The molecule has 0 heterocycles. The Morgan fingerprint density at radius 3 is 1.77 bits per heavy atom. The number of hydrogen-bond acceptors (Lipinski definition) is 5. The molecule has 0 aliphatic rings. The molecule has 0 unspecified atom stereocenters. The summed E-state index contributed by atoms with van der Waals surface area (Å²) in [5.41, 5.74) is 0. The Morgan fingerprint density at radius 2 is 1.77 bits per heavy atom. The number of hydrogen-bond donors (Lipinski definition) is 0. The van der Waals surface area contributed by atoms with E-state index in [4.69, 9.17) is 11.8 Å². The van der Waals surface area contributed by atoms with Crippen LogP contribution in [0.5, 0.6) is 0 Å². The van der Waals surface area contributed by atoms with E-state index in [-0.39, 0.29) is 26.4 Å². The van der Waals surface area contributed by atoms with Gasteiger partial charge >= 0.3 is 0 Å². The Hall–Kier alpha value is -0.166. The van der Waals surface area contributed by atoms with Crippen molar-refractivity contribution in [1.82, 2.24) is 0 Å². The van der Waals surface area contributed by atoms with E-state index < -0.39 is 0 Å². The summed E-state index contributed by atoms with van der Waals surface area (Å²) in [4.78, 5) is 3.00. The van der Waals surface area contributed by atoms with Crippen molar-refractivity contribution >= 4 is 50.5 Å². The second-order valence-corrected chi connectivity index (χ2v) is 2.49. The summed E-state index contributed by atoms with van der Waals surface area (Å²) >= 11 is 17.3. The van der Waals surface area contributed by atoms with Crippen molar-refractivity contribution in [2.75, 3.05) is 0 Å². The molecule has 0 spiro atoms. The zero-order valence-electron chi connectivity index (χ0n) is 6.00. The molecule has 7 heteroatoms. The molecule has 0 fully saturated rings. The number of nitrogens with zero attached hydrogens (tertiary/aromatic N) is 2. The second kappa shape index (κ2) is 14.4. The van der Waals surface area contributed by atoms with E-state index in [0.29, 0.717) is 0 Å². The third kappa shape index (κ3) is 18.6. The maximum Gasteiger partial charge on any atom is 0.0896 e. The van der Waals surface area contributed by atoms with Crippen LogP contribution >= 0.6 is 0 Å². The summed E-state index contributed by atoms with van der Waals surface area (Å²) in [7, 11) is 0. The Balaban J connectivity index is -0.000000143. The molecule has 13 heavy (non-hydrogen) atoms. The van der Waals surface area contributed by atoms with Crippen LogP contribution in [-0.2, 0) is 67.0 Å². The fourth-order valence-electron chi connectivity index (χ4n) is 0.0527. The SMILES string of the molecule is N#C/C([S-])=C/[S-].[C-]#[N+]/C([S-])=C/[S-].[Ni]. The van der Waals surface area contributed by atoms with Crippen molar-refractivity contribution in [2.45, 2.75) is 0 Å². The molecule has 0 atom stereocenters. The quantitative estimate of drug-likeness (QED) is 0.289. The topological polar surface area (TPSA) is 28.1 Å². The maximum atomic E-state index is 7.85. The number of allylic oxidation sites excluding steroid dienone is 1. The first-order valence-corrected chi connectivity index (χ1v) is 4.14. The van der Waals surface area contributed by atoms with E-state index in [1.165, 1.54) is 10.8 Å². The van der Waals surface area contributed by atoms with E-state index in [1.54, 1.807) is 6.07 Å². The summed E-state index contributed by atoms with van der Waals surface area (Å²) in [6, 6.07) is 1.69. The third-order valence-corrected chi connectivity index (χ3v) is 1.60. The summed E-state index contributed by atoms with van der Waals surface area (Å²) in [6.45, 7) is 6.19. The van der Waals surface area contributed by atoms with Crippen molar-refractivity contribution in [2.24, 2.45) is 0 Å². The van der Waals surface area contributed by atoms with Gasteiger partial charge in [-0.05, 0) is 0 Å². The standard InChI is InChI=1S/2C3H3NS2.Ni/c1-4-3(6)2-5;4-1-3(6)2-5;/h2*2,5-6H;/p-4/b2*3-2-;. The first-order chi connectivity index (χ1) is 5.62. The minimum Gasteiger partial charge on any atom is -0.813 e. The maximum absolute atomic E-state index is 7.85. The second-order valence-electron chi connectivity index (χ2n) is 1.16. The first kappa shape index (κ1) is 18.6. The van der Waals surface area contributed by atoms with Gasteiger partial charge in [-0.15, -0.1) is 4.91 Å². The van der Waals surface area contributed by atoms with Crippen LogP contribution in [0.1, 0.15) is 0 Å².